The van der Waals surface area contributed by atoms with Crippen LogP contribution >= 0.6 is 0 Å². The predicted molar refractivity (Wildman–Crippen MR) is 127 cm³/mol. The van der Waals surface area contributed by atoms with Crippen LogP contribution in [0.2, 0.25) is 0 Å². The van der Waals surface area contributed by atoms with Crippen molar-refractivity contribution in [1.82, 2.24) is 0 Å². The number of methoxy groups -OCH3 is 1. The number of hydrogen-bond acceptors (Lipinski definition) is 4. The normalized spacial score (nSPS) is 13.9. The molecule has 0 aliphatic carbocycles. The number of anilines is 2. The van der Waals surface area contributed by atoms with Crippen molar-refractivity contribution in [2.24, 2.45) is 0 Å². The maximum atomic E-state index is 5.66. The first-order valence-corrected chi connectivity index (χ1v) is 10.5. The fourth-order valence-corrected chi connectivity index (χ4v) is 4.08. The van der Waals surface area contributed by atoms with Gasteiger partial charge in [-0.2, -0.15) is 0 Å². The molecular formula is C27H28N2O2. The number of ether oxygens (including phenoxy) is 2. The monoisotopic (exact) mass is 412 g/mol. The largest absolute Gasteiger partial charge is 0.493 e. The van der Waals surface area contributed by atoms with Crippen molar-refractivity contribution in [2.75, 3.05) is 36.6 Å². The molecule has 0 unspecified atom stereocenters. The standard InChI is InChI=1S/C27H28N2O2/c1-5-18-31-25-15-10-22(19-26(25)30-4)27-28(23-11-6-20(2)7-12-23)16-17-29(27)24-13-8-21(3)9-14-24/h1,6-15,19,27H,16-18H2,2-4H3. The Balaban J connectivity index is 1.76. The lowest BCUT2D eigenvalue weighted by molar-refractivity contribution is 0.330. The Morgan fingerprint density at radius 2 is 1.39 bits per heavy atom. The minimum Gasteiger partial charge on any atom is -0.493 e. The van der Waals surface area contributed by atoms with E-state index in [9.17, 15) is 0 Å². The second-order valence-electron chi connectivity index (χ2n) is 7.83. The summed E-state index contributed by atoms with van der Waals surface area (Å²) in [7, 11) is 1.66. The van der Waals surface area contributed by atoms with E-state index in [0.29, 0.717) is 11.5 Å². The molecule has 4 nitrogen and oxygen atoms in total. The number of nitrogens with zero attached hydrogens (tertiary/aromatic N) is 2. The van der Waals surface area contributed by atoms with Gasteiger partial charge in [0.1, 0.15) is 12.8 Å². The molecule has 1 fully saturated rings. The van der Waals surface area contributed by atoms with Gasteiger partial charge in [0.25, 0.3) is 0 Å². The zero-order valence-electron chi connectivity index (χ0n) is 18.3. The van der Waals surface area contributed by atoms with Gasteiger partial charge < -0.3 is 19.3 Å². The van der Waals surface area contributed by atoms with E-state index in [1.54, 1.807) is 7.11 Å². The van der Waals surface area contributed by atoms with Gasteiger partial charge in [-0.3, -0.25) is 0 Å². The predicted octanol–water partition coefficient (Wildman–Crippen LogP) is 5.35. The average molecular weight is 413 g/mol. The van der Waals surface area contributed by atoms with E-state index < -0.39 is 0 Å². The summed E-state index contributed by atoms with van der Waals surface area (Å²) in [6.45, 7) is 6.30. The molecule has 0 aromatic heterocycles. The first-order chi connectivity index (χ1) is 15.1. The molecule has 0 radical (unpaired) electrons. The summed E-state index contributed by atoms with van der Waals surface area (Å²) in [5.41, 5.74) is 6.07. The van der Waals surface area contributed by atoms with Crippen molar-refractivity contribution in [2.45, 2.75) is 20.0 Å². The third-order valence-corrected chi connectivity index (χ3v) is 5.70. The van der Waals surface area contributed by atoms with Crippen LogP contribution < -0.4 is 19.3 Å². The fourth-order valence-electron chi connectivity index (χ4n) is 4.08. The molecule has 0 spiro atoms. The van der Waals surface area contributed by atoms with Gasteiger partial charge in [0, 0.05) is 24.5 Å². The van der Waals surface area contributed by atoms with Crippen molar-refractivity contribution in [3.8, 4) is 23.8 Å². The maximum absolute atomic E-state index is 5.66. The quantitative estimate of drug-likeness (QED) is 0.510. The second-order valence-corrected chi connectivity index (χ2v) is 7.83. The molecule has 1 saturated heterocycles. The molecule has 1 heterocycles. The number of terminal acetylenes is 1. The summed E-state index contributed by atoms with van der Waals surface area (Å²) in [6, 6.07) is 23.6. The molecule has 0 N–H and O–H groups in total. The molecule has 4 heteroatoms. The van der Waals surface area contributed by atoms with Crippen LogP contribution in [0.25, 0.3) is 0 Å². The highest BCUT2D eigenvalue weighted by Gasteiger charge is 2.34. The first-order valence-electron chi connectivity index (χ1n) is 10.5. The first kappa shape index (κ1) is 20.7. The number of rotatable bonds is 6. The van der Waals surface area contributed by atoms with Gasteiger partial charge in [-0.1, -0.05) is 47.4 Å². The van der Waals surface area contributed by atoms with Gasteiger partial charge in [0.2, 0.25) is 0 Å². The minimum absolute atomic E-state index is 0.0426. The van der Waals surface area contributed by atoms with Gasteiger partial charge in [0.15, 0.2) is 11.5 Å². The van der Waals surface area contributed by atoms with Gasteiger partial charge in [-0.25, -0.2) is 0 Å². The molecule has 0 amide bonds. The summed E-state index contributed by atoms with van der Waals surface area (Å²) in [5, 5.41) is 0. The molecule has 3 aromatic rings. The zero-order chi connectivity index (χ0) is 21.8. The van der Waals surface area contributed by atoms with Crippen LogP contribution in [-0.4, -0.2) is 26.8 Å². The van der Waals surface area contributed by atoms with E-state index in [1.165, 1.54) is 22.5 Å². The van der Waals surface area contributed by atoms with Crippen LogP contribution in [-0.2, 0) is 0 Å². The Kier molecular flexibility index (Phi) is 6.04. The van der Waals surface area contributed by atoms with E-state index >= 15 is 0 Å². The summed E-state index contributed by atoms with van der Waals surface area (Å²) in [5.74, 6) is 3.85. The van der Waals surface area contributed by atoms with Gasteiger partial charge in [-0.05, 0) is 55.8 Å². The summed E-state index contributed by atoms with van der Waals surface area (Å²) in [6.07, 6.45) is 5.40. The van der Waals surface area contributed by atoms with Crippen LogP contribution in [0.5, 0.6) is 11.5 Å². The Bertz CT molecular complexity index is 1010. The highest BCUT2D eigenvalue weighted by molar-refractivity contribution is 5.60. The van der Waals surface area contributed by atoms with E-state index in [2.05, 4.69) is 90.2 Å². The molecule has 1 aliphatic rings. The Morgan fingerprint density at radius 3 is 1.87 bits per heavy atom. The van der Waals surface area contributed by atoms with E-state index in [4.69, 9.17) is 15.9 Å². The summed E-state index contributed by atoms with van der Waals surface area (Å²) in [4.78, 5) is 4.88. The van der Waals surface area contributed by atoms with Crippen LogP contribution in [0.3, 0.4) is 0 Å². The zero-order valence-corrected chi connectivity index (χ0v) is 18.3. The van der Waals surface area contributed by atoms with E-state index in [-0.39, 0.29) is 12.8 Å². The SMILES string of the molecule is C#CCOc1ccc(C2N(c3ccc(C)cc3)CCN2c2ccc(C)cc2)cc1OC. The minimum atomic E-state index is 0.0426. The van der Waals surface area contributed by atoms with Crippen molar-refractivity contribution >= 4 is 11.4 Å². The van der Waals surface area contributed by atoms with Crippen molar-refractivity contribution in [3.05, 3.63) is 83.4 Å². The molecule has 4 rings (SSSR count). The lowest BCUT2D eigenvalue weighted by Crippen LogP contribution is -2.31. The second kappa shape index (κ2) is 9.06. The lowest BCUT2D eigenvalue weighted by Gasteiger charge is -2.33. The Labute approximate surface area is 185 Å². The molecule has 31 heavy (non-hydrogen) atoms. The maximum Gasteiger partial charge on any atom is 0.162 e. The van der Waals surface area contributed by atoms with Crippen molar-refractivity contribution < 1.29 is 9.47 Å². The molecule has 0 saturated carbocycles. The average Bonchev–Trinajstić information content (AvgIpc) is 3.23. The molecule has 0 bridgehead atoms. The highest BCUT2D eigenvalue weighted by Crippen LogP contribution is 2.40. The lowest BCUT2D eigenvalue weighted by atomic mass is 10.1. The highest BCUT2D eigenvalue weighted by atomic mass is 16.5. The molecule has 158 valence electrons. The smallest absolute Gasteiger partial charge is 0.162 e. The van der Waals surface area contributed by atoms with Gasteiger partial charge in [-0.15, -0.1) is 6.42 Å². The Morgan fingerprint density at radius 1 is 0.839 bits per heavy atom. The third-order valence-electron chi connectivity index (χ3n) is 5.70. The summed E-state index contributed by atoms with van der Waals surface area (Å²) >= 11 is 0. The summed E-state index contributed by atoms with van der Waals surface area (Å²) < 4.78 is 11.3. The van der Waals surface area contributed by atoms with E-state index in [1.807, 2.05) is 6.07 Å². The van der Waals surface area contributed by atoms with Crippen LogP contribution in [0.1, 0.15) is 22.9 Å². The van der Waals surface area contributed by atoms with Crippen molar-refractivity contribution in [1.29, 1.82) is 0 Å². The number of benzene rings is 3. The van der Waals surface area contributed by atoms with Crippen LogP contribution in [0.15, 0.2) is 66.7 Å². The molecular weight excluding hydrogens is 384 g/mol. The topological polar surface area (TPSA) is 24.9 Å². The third kappa shape index (κ3) is 4.32. The van der Waals surface area contributed by atoms with Crippen LogP contribution in [0.4, 0.5) is 11.4 Å². The van der Waals surface area contributed by atoms with Crippen molar-refractivity contribution in [3.63, 3.8) is 0 Å². The number of aryl methyl sites for hydroxylation is 2. The van der Waals surface area contributed by atoms with Gasteiger partial charge in [0.05, 0.1) is 7.11 Å². The van der Waals surface area contributed by atoms with Crippen LogP contribution in [0, 0.1) is 26.2 Å². The van der Waals surface area contributed by atoms with E-state index in [0.717, 1.165) is 18.7 Å². The number of hydrogen-bond donors (Lipinski definition) is 0. The molecule has 0 atom stereocenters. The Hall–Kier alpha value is -3.58. The molecule has 3 aromatic carbocycles. The molecule has 1 aliphatic heterocycles. The fraction of sp³-hybridized carbons (Fsp3) is 0.259. The van der Waals surface area contributed by atoms with Gasteiger partial charge >= 0.3 is 0 Å².